The average molecular weight is 275 g/mol. The zero-order valence-electron chi connectivity index (χ0n) is 12.4. The molecular formula is C17H25NO2. The van der Waals surface area contributed by atoms with Crippen LogP contribution in [0.25, 0.3) is 0 Å². The molecule has 1 unspecified atom stereocenters. The van der Waals surface area contributed by atoms with Gasteiger partial charge in [0, 0.05) is 13.1 Å². The van der Waals surface area contributed by atoms with E-state index in [4.69, 9.17) is 4.74 Å². The Hall–Kier alpha value is -1.35. The first-order valence-electron chi connectivity index (χ1n) is 7.72. The van der Waals surface area contributed by atoms with Gasteiger partial charge in [0.05, 0.1) is 12.5 Å². The average Bonchev–Trinajstić information content (AvgIpc) is 2.49. The maximum absolute atomic E-state index is 12.0. The van der Waals surface area contributed by atoms with Crippen LogP contribution in [0.3, 0.4) is 0 Å². The van der Waals surface area contributed by atoms with Gasteiger partial charge in [-0.05, 0) is 31.4 Å². The predicted molar refractivity (Wildman–Crippen MR) is 80.3 cm³/mol. The zero-order chi connectivity index (χ0) is 14.2. The predicted octanol–water partition coefficient (Wildman–Crippen LogP) is 3.24. The minimum absolute atomic E-state index is 0.00351. The molecule has 0 amide bonds. The van der Waals surface area contributed by atoms with Crippen LogP contribution in [0.4, 0.5) is 0 Å². The smallest absolute Gasteiger partial charge is 0.310 e. The third-order valence-corrected chi connectivity index (χ3v) is 3.83. The summed E-state index contributed by atoms with van der Waals surface area (Å²) >= 11 is 0. The summed E-state index contributed by atoms with van der Waals surface area (Å²) in [6.07, 6.45) is 4.08. The summed E-state index contributed by atoms with van der Waals surface area (Å²) in [4.78, 5) is 14.4. The number of rotatable bonds is 6. The van der Waals surface area contributed by atoms with Gasteiger partial charge in [0.15, 0.2) is 0 Å². The van der Waals surface area contributed by atoms with Crippen LogP contribution in [0.2, 0.25) is 0 Å². The van der Waals surface area contributed by atoms with Gasteiger partial charge in [-0.25, -0.2) is 0 Å². The molecule has 110 valence electrons. The molecule has 0 spiro atoms. The van der Waals surface area contributed by atoms with Crippen LogP contribution >= 0.6 is 0 Å². The summed E-state index contributed by atoms with van der Waals surface area (Å²) < 4.78 is 5.35. The number of benzene rings is 1. The second-order valence-electron chi connectivity index (χ2n) is 5.58. The van der Waals surface area contributed by atoms with Gasteiger partial charge in [-0.1, -0.05) is 43.7 Å². The SMILES string of the molecule is CCCCOC(=O)C1CCCN(Cc2ccccc2)C1. The molecule has 3 nitrogen and oxygen atoms in total. The van der Waals surface area contributed by atoms with Gasteiger partial charge in [-0.15, -0.1) is 0 Å². The Morgan fingerprint density at radius 1 is 1.35 bits per heavy atom. The van der Waals surface area contributed by atoms with Crippen molar-refractivity contribution in [2.45, 2.75) is 39.2 Å². The largest absolute Gasteiger partial charge is 0.465 e. The minimum Gasteiger partial charge on any atom is -0.465 e. The van der Waals surface area contributed by atoms with Crippen molar-refractivity contribution >= 4 is 5.97 Å². The first-order chi connectivity index (χ1) is 9.79. The van der Waals surface area contributed by atoms with Crippen LogP contribution in [0.15, 0.2) is 30.3 Å². The molecule has 20 heavy (non-hydrogen) atoms. The summed E-state index contributed by atoms with van der Waals surface area (Å²) in [5.74, 6) is 0.0560. The third kappa shape index (κ3) is 4.64. The standard InChI is InChI=1S/C17H25NO2/c1-2-3-12-20-17(19)16-10-7-11-18(14-16)13-15-8-5-4-6-9-15/h4-6,8-9,16H,2-3,7,10-14H2,1H3. The zero-order valence-corrected chi connectivity index (χ0v) is 12.4. The van der Waals surface area contributed by atoms with Crippen molar-refractivity contribution < 1.29 is 9.53 Å². The van der Waals surface area contributed by atoms with Gasteiger partial charge in [0.25, 0.3) is 0 Å². The topological polar surface area (TPSA) is 29.5 Å². The molecule has 0 saturated carbocycles. The number of carbonyl (C=O) groups excluding carboxylic acids is 1. The lowest BCUT2D eigenvalue weighted by molar-refractivity contribution is -0.150. The maximum Gasteiger partial charge on any atom is 0.310 e. The normalized spacial score (nSPS) is 19.8. The van der Waals surface area contributed by atoms with Crippen molar-refractivity contribution in [3.63, 3.8) is 0 Å². The lowest BCUT2D eigenvalue weighted by Crippen LogP contribution is -2.39. The first-order valence-corrected chi connectivity index (χ1v) is 7.72. The molecule has 1 aromatic rings. The molecular weight excluding hydrogens is 250 g/mol. The number of esters is 1. The summed E-state index contributed by atoms with van der Waals surface area (Å²) in [5.41, 5.74) is 1.31. The lowest BCUT2D eigenvalue weighted by atomic mass is 9.97. The highest BCUT2D eigenvalue weighted by atomic mass is 16.5. The van der Waals surface area contributed by atoms with Gasteiger partial charge >= 0.3 is 5.97 Å². The Morgan fingerprint density at radius 2 is 2.15 bits per heavy atom. The molecule has 1 fully saturated rings. The Labute approximate surface area is 121 Å². The summed E-state index contributed by atoms with van der Waals surface area (Å²) in [7, 11) is 0. The fourth-order valence-corrected chi connectivity index (χ4v) is 2.67. The fourth-order valence-electron chi connectivity index (χ4n) is 2.67. The van der Waals surface area contributed by atoms with Crippen LogP contribution in [-0.4, -0.2) is 30.6 Å². The monoisotopic (exact) mass is 275 g/mol. The Bertz CT molecular complexity index is 405. The molecule has 1 atom stereocenters. The molecule has 2 rings (SSSR count). The number of ether oxygens (including phenoxy) is 1. The second kappa shape index (κ2) is 8.05. The maximum atomic E-state index is 12.0. The van der Waals surface area contributed by atoms with Gasteiger partial charge in [-0.2, -0.15) is 0 Å². The van der Waals surface area contributed by atoms with Crippen molar-refractivity contribution in [2.75, 3.05) is 19.7 Å². The number of likely N-dealkylation sites (tertiary alicyclic amines) is 1. The van der Waals surface area contributed by atoms with Crippen molar-refractivity contribution in [1.82, 2.24) is 4.90 Å². The number of unbranched alkanes of at least 4 members (excludes halogenated alkanes) is 1. The van der Waals surface area contributed by atoms with E-state index in [1.165, 1.54) is 5.56 Å². The Kier molecular flexibility index (Phi) is 6.06. The number of piperidine rings is 1. The summed E-state index contributed by atoms with van der Waals surface area (Å²) in [6.45, 7) is 5.52. The van der Waals surface area contributed by atoms with E-state index in [1.807, 2.05) is 6.07 Å². The molecule has 0 radical (unpaired) electrons. The van der Waals surface area contributed by atoms with E-state index < -0.39 is 0 Å². The number of carbonyl (C=O) groups is 1. The van der Waals surface area contributed by atoms with Gasteiger partial charge in [0.2, 0.25) is 0 Å². The number of nitrogens with zero attached hydrogens (tertiary/aromatic N) is 1. The quantitative estimate of drug-likeness (QED) is 0.589. The van der Waals surface area contributed by atoms with Crippen LogP contribution in [0, 0.1) is 5.92 Å². The highest BCUT2D eigenvalue weighted by Gasteiger charge is 2.26. The highest BCUT2D eigenvalue weighted by Crippen LogP contribution is 2.19. The Balaban J connectivity index is 1.80. The van der Waals surface area contributed by atoms with Crippen LogP contribution < -0.4 is 0 Å². The van der Waals surface area contributed by atoms with E-state index in [1.54, 1.807) is 0 Å². The molecule has 3 heteroatoms. The summed E-state index contributed by atoms with van der Waals surface area (Å²) in [5, 5.41) is 0. The molecule has 1 heterocycles. The molecule has 1 aliphatic rings. The van der Waals surface area contributed by atoms with Crippen LogP contribution in [-0.2, 0) is 16.1 Å². The van der Waals surface area contributed by atoms with Crippen LogP contribution in [0.5, 0.6) is 0 Å². The Morgan fingerprint density at radius 3 is 2.90 bits per heavy atom. The van der Waals surface area contributed by atoms with E-state index in [2.05, 4.69) is 36.1 Å². The van der Waals surface area contributed by atoms with Crippen molar-refractivity contribution in [3.05, 3.63) is 35.9 Å². The fraction of sp³-hybridized carbons (Fsp3) is 0.588. The number of hydrogen-bond donors (Lipinski definition) is 0. The van der Waals surface area contributed by atoms with E-state index >= 15 is 0 Å². The van der Waals surface area contributed by atoms with E-state index in [9.17, 15) is 4.79 Å². The molecule has 0 bridgehead atoms. The van der Waals surface area contributed by atoms with Gasteiger partial charge in [0.1, 0.15) is 0 Å². The summed E-state index contributed by atoms with van der Waals surface area (Å²) in [6, 6.07) is 10.4. The van der Waals surface area contributed by atoms with E-state index in [0.29, 0.717) is 6.61 Å². The van der Waals surface area contributed by atoms with E-state index in [-0.39, 0.29) is 11.9 Å². The first kappa shape index (κ1) is 15.0. The molecule has 1 aromatic carbocycles. The molecule has 1 aliphatic heterocycles. The van der Waals surface area contributed by atoms with Crippen molar-refractivity contribution in [2.24, 2.45) is 5.92 Å². The number of hydrogen-bond acceptors (Lipinski definition) is 3. The molecule has 0 N–H and O–H groups in total. The molecule has 0 aromatic heterocycles. The van der Waals surface area contributed by atoms with Crippen LogP contribution in [0.1, 0.15) is 38.2 Å². The van der Waals surface area contributed by atoms with Crippen molar-refractivity contribution in [1.29, 1.82) is 0 Å². The highest BCUT2D eigenvalue weighted by molar-refractivity contribution is 5.72. The van der Waals surface area contributed by atoms with E-state index in [0.717, 1.165) is 45.3 Å². The minimum atomic E-state index is -0.00351. The van der Waals surface area contributed by atoms with Gasteiger partial charge in [-0.3, -0.25) is 9.69 Å². The molecule has 1 saturated heterocycles. The molecule has 0 aliphatic carbocycles. The van der Waals surface area contributed by atoms with Gasteiger partial charge < -0.3 is 4.74 Å². The van der Waals surface area contributed by atoms with Crippen molar-refractivity contribution in [3.8, 4) is 0 Å². The second-order valence-corrected chi connectivity index (χ2v) is 5.58. The lowest BCUT2D eigenvalue weighted by Gasteiger charge is -2.31. The third-order valence-electron chi connectivity index (χ3n) is 3.83.